The molecule has 1 fully saturated rings. The molecule has 3 aromatic heterocycles. The summed E-state index contributed by atoms with van der Waals surface area (Å²) >= 11 is 0. The molecule has 1 saturated heterocycles. The highest BCUT2D eigenvalue weighted by atomic mass is 16.2. The van der Waals surface area contributed by atoms with Crippen LogP contribution in [0.3, 0.4) is 0 Å². The average Bonchev–Trinajstić information content (AvgIpc) is 3.11. The van der Waals surface area contributed by atoms with Crippen LogP contribution in [0.25, 0.3) is 16.8 Å². The Morgan fingerprint density at radius 2 is 1.85 bits per heavy atom. The standard InChI is InChI=1S/C20H24N6O/c1-24(2)14-19(27)25-11-7-16(8-12-25)20-22-18-4-3-17(13-26(18)23-20)15-5-9-21-10-6-15/h3-6,9-10,13,16H,7-8,11-12,14H2,1-2H3. The number of likely N-dealkylation sites (tertiary alicyclic amines) is 1. The van der Waals surface area contributed by atoms with Crippen LogP contribution in [0.2, 0.25) is 0 Å². The van der Waals surface area contributed by atoms with Gasteiger partial charge in [0.15, 0.2) is 11.5 Å². The fraction of sp³-hybridized carbons (Fsp3) is 0.400. The lowest BCUT2D eigenvalue weighted by Gasteiger charge is -2.31. The topological polar surface area (TPSA) is 66.6 Å². The van der Waals surface area contributed by atoms with Crippen LogP contribution in [0.15, 0.2) is 42.9 Å². The Bertz CT molecular complexity index is 928. The van der Waals surface area contributed by atoms with Crippen molar-refractivity contribution in [2.45, 2.75) is 18.8 Å². The van der Waals surface area contributed by atoms with Crippen molar-refractivity contribution in [3.63, 3.8) is 0 Å². The first-order valence-corrected chi connectivity index (χ1v) is 9.29. The van der Waals surface area contributed by atoms with Crippen molar-refractivity contribution in [1.82, 2.24) is 29.4 Å². The summed E-state index contributed by atoms with van der Waals surface area (Å²) in [5, 5.41) is 4.72. The van der Waals surface area contributed by atoms with Crippen LogP contribution < -0.4 is 0 Å². The minimum absolute atomic E-state index is 0.198. The lowest BCUT2D eigenvalue weighted by molar-refractivity contribution is -0.132. The number of aromatic nitrogens is 4. The maximum atomic E-state index is 12.2. The molecular weight excluding hydrogens is 340 g/mol. The molecule has 4 rings (SSSR count). The number of fused-ring (bicyclic) bond motifs is 1. The largest absolute Gasteiger partial charge is 0.342 e. The minimum atomic E-state index is 0.198. The van der Waals surface area contributed by atoms with Gasteiger partial charge in [0.2, 0.25) is 5.91 Å². The average molecular weight is 364 g/mol. The van der Waals surface area contributed by atoms with Crippen molar-refractivity contribution in [2.75, 3.05) is 33.7 Å². The number of hydrogen-bond acceptors (Lipinski definition) is 5. The Hall–Kier alpha value is -2.80. The van der Waals surface area contributed by atoms with Gasteiger partial charge < -0.3 is 9.80 Å². The van der Waals surface area contributed by atoms with Crippen LogP contribution in [-0.4, -0.2) is 69.0 Å². The summed E-state index contributed by atoms with van der Waals surface area (Å²) < 4.78 is 1.86. The number of hydrogen-bond donors (Lipinski definition) is 0. The van der Waals surface area contributed by atoms with Gasteiger partial charge in [-0.15, -0.1) is 0 Å². The molecule has 1 aliphatic rings. The Kier molecular flexibility index (Phi) is 4.85. The molecule has 0 N–H and O–H groups in total. The van der Waals surface area contributed by atoms with E-state index in [1.807, 2.05) is 52.8 Å². The highest BCUT2D eigenvalue weighted by Crippen LogP contribution is 2.27. The summed E-state index contributed by atoms with van der Waals surface area (Å²) in [6.45, 7) is 2.01. The van der Waals surface area contributed by atoms with Gasteiger partial charge in [0, 0.05) is 43.2 Å². The zero-order chi connectivity index (χ0) is 18.8. The van der Waals surface area contributed by atoms with Gasteiger partial charge in [0.05, 0.1) is 6.54 Å². The molecule has 4 heterocycles. The number of amides is 1. The molecule has 0 radical (unpaired) electrons. The van der Waals surface area contributed by atoms with E-state index in [2.05, 4.69) is 11.1 Å². The quantitative estimate of drug-likeness (QED) is 0.709. The number of carbonyl (C=O) groups is 1. The molecule has 7 nitrogen and oxygen atoms in total. The van der Waals surface area contributed by atoms with Crippen molar-refractivity contribution in [3.8, 4) is 11.1 Å². The fourth-order valence-corrected chi connectivity index (χ4v) is 3.55. The molecule has 0 atom stereocenters. The van der Waals surface area contributed by atoms with Gasteiger partial charge in [-0.05, 0) is 56.8 Å². The third-order valence-electron chi connectivity index (χ3n) is 5.03. The van der Waals surface area contributed by atoms with Crippen molar-refractivity contribution >= 4 is 11.6 Å². The third kappa shape index (κ3) is 3.83. The maximum absolute atomic E-state index is 12.2. The summed E-state index contributed by atoms with van der Waals surface area (Å²) in [6, 6.07) is 8.03. The predicted octanol–water partition coefficient (Wildman–Crippen LogP) is 2.06. The van der Waals surface area contributed by atoms with Gasteiger partial charge in [-0.1, -0.05) is 0 Å². The molecule has 7 heteroatoms. The molecule has 140 valence electrons. The van der Waals surface area contributed by atoms with Crippen LogP contribution in [0, 0.1) is 0 Å². The van der Waals surface area contributed by atoms with E-state index >= 15 is 0 Å². The molecule has 27 heavy (non-hydrogen) atoms. The number of carbonyl (C=O) groups excluding carboxylic acids is 1. The van der Waals surface area contributed by atoms with Crippen LogP contribution in [-0.2, 0) is 4.79 Å². The fourth-order valence-electron chi connectivity index (χ4n) is 3.55. The lowest BCUT2D eigenvalue weighted by atomic mass is 9.96. The first kappa shape index (κ1) is 17.6. The molecule has 1 amide bonds. The van der Waals surface area contributed by atoms with Gasteiger partial charge in [-0.25, -0.2) is 9.50 Å². The van der Waals surface area contributed by atoms with E-state index in [4.69, 9.17) is 10.1 Å². The molecule has 1 aliphatic heterocycles. The summed E-state index contributed by atoms with van der Waals surface area (Å²) in [7, 11) is 3.84. The van der Waals surface area contributed by atoms with Crippen molar-refractivity contribution < 1.29 is 4.79 Å². The highest BCUT2D eigenvalue weighted by Gasteiger charge is 2.26. The van der Waals surface area contributed by atoms with E-state index in [1.54, 1.807) is 12.4 Å². The molecular formula is C20H24N6O. The smallest absolute Gasteiger partial charge is 0.236 e. The molecule has 0 aliphatic carbocycles. The number of pyridine rings is 2. The van der Waals surface area contributed by atoms with E-state index in [0.717, 1.165) is 48.5 Å². The molecule has 0 saturated carbocycles. The summed E-state index contributed by atoms with van der Waals surface area (Å²) in [5.41, 5.74) is 3.05. The SMILES string of the molecule is CN(C)CC(=O)N1CCC(c2nc3ccc(-c4ccncc4)cn3n2)CC1. The van der Waals surface area contributed by atoms with E-state index < -0.39 is 0 Å². The zero-order valence-electron chi connectivity index (χ0n) is 15.7. The normalized spacial score (nSPS) is 15.6. The molecule has 0 bridgehead atoms. The number of likely N-dealkylation sites (N-methyl/N-ethyl adjacent to an activating group) is 1. The summed E-state index contributed by atoms with van der Waals surface area (Å²) in [6.07, 6.45) is 7.41. The number of nitrogens with zero attached hydrogens (tertiary/aromatic N) is 6. The second-order valence-corrected chi connectivity index (χ2v) is 7.32. The second kappa shape index (κ2) is 7.44. The van der Waals surface area contributed by atoms with Crippen LogP contribution in [0.1, 0.15) is 24.6 Å². The zero-order valence-corrected chi connectivity index (χ0v) is 15.7. The van der Waals surface area contributed by atoms with Gasteiger partial charge in [0.25, 0.3) is 0 Å². The van der Waals surface area contributed by atoms with Gasteiger partial charge in [-0.3, -0.25) is 9.78 Å². The number of piperidine rings is 1. The van der Waals surface area contributed by atoms with Gasteiger partial charge >= 0.3 is 0 Å². The summed E-state index contributed by atoms with van der Waals surface area (Å²) in [5.74, 6) is 1.38. The molecule has 0 aromatic carbocycles. The Balaban J connectivity index is 1.48. The van der Waals surface area contributed by atoms with Gasteiger partial charge in [0.1, 0.15) is 0 Å². The van der Waals surface area contributed by atoms with Crippen LogP contribution in [0.5, 0.6) is 0 Å². The Labute approximate surface area is 158 Å². The van der Waals surface area contributed by atoms with E-state index in [-0.39, 0.29) is 5.91 Å². The Morgan fingerprint density at radius 3 is 2.56 bits per heavy atom. The van der Waals surface area contributed by atoms with Gasteiger partial charge in [-0.2, -0.15) is 5.10 Å². The first-order chi connectivity index (χ1) is 13.1. The lowest BCUT2D eigenvalue weighted by Crippen LogP contribution is -2.42. The minimum Gasteiger partial charge on any atom is -0.342 e. The van der Waals surface area contributed by atoms with Crippen molar-refractivity contribution in [1.29, 1.82) is 0 Å². The molecule has 0 unspecified atom stereocenters. The second-order valence-electron chi connectivity index (χ2n) is 7.32. The maximum Gasteiger partial charge on any atom is 0.236 e. The van der Waals surface area contributed by atoms with Crippen molar-refractivity contribution in [3.05, 3.63) is 48.7 Å². The molecule has 0 spiro atoms. The monoisotopic (exact) mass is 364 g/mol. The molecule has 3 aromatic rings. The van der Waals surface area contributed by atoms with Crippen LogP contribution in [0.4, 0.5) is 0 Å². The van der Waals surface area contributed by atoms with Crippen molar-refractivity contribution in [2.24, 2.45) is 0 Å². The third-order valence-corrected chi connectivity index (χ3v) is 5.03. The predicted molar refractivity (Wildman–Crippen MR) is 103 cm³/mol. The van der Waals surface area contributed by atoms with Crippen LogP contribution >= 0.6 is 0 Å². The first-order valence-electron chi connectivity index (χ1n) is 9.29. The number of rotatable bonds is 4. The Morgan fingerprint density at radius 1 is 1.11 bits per heavy atom. The van der Waals surface area contributed by atoms with E-state index in [0.29, 0.717) is 12.5 Å². The van der Waals surface area contributed by atoms with E-state index in [1.165, 1.54) is 0 Å². The summed E-state index contributed by atoms with van der Waals surface area (Å²) in [4.78, 5) is 24.9. The van der Waals surface area contributed by atoms with E-state index in [9.17, 15) is 4.79 Å². The highest BCUT2D eigenvalue weighted by molar-refractivity contribution is 5.78.